The molecule has 3 unspecified atom stereocenters. The van der Waals surface area contributed by atoms with E-state index >= 15 is 0 Å². The Balaban J connectivity index is 0.00000196. The van der Waals surface area contributed by atoms with E-state index in [0.717, 1.165) is 37.0 Å². The van der Waals surface area contributed by atoms with Gasteiger partial charge in [0, 0.05) is 38.3 Å². The summed E-state index contributed by atoms with van der Waals surface area (Å²) in [5.74, 6) is 1.37. The molecule has 1 nitrogen and oxygen atoms in total. The van der Waals surface area contributed by atoms with E-state index in [1.54, 1.807) is 17.6 Å². The Hall–Kier alpha value is -0.766. The largest absolute Gasteiger partial charge is 0.464 e. The van der Waals surface area contributed by atoms with Crippen molar-refractivity contribution in [1.82, 2.24) is 0 Å². The average molecular weight is 442 g/mol. The predicted octanol–water partition coefficient (Wildman–Crippen LogP) is 6.66. The Bertz CT molecular complexity index is 767. The topological polar surface area (TPSA) is 13.1 Å². The van der Waals surface area contributed by atoms with E-state index in [2.05, 4.69) is 35.7 Å². The minimum absolute atomic E-state index is 0. The number of hydrogen-bond donors (Lipinski definition) is 0. The molecule has 4 heteroatoms. The summed E-state index contributed by atoms with van der Waals surface area (Å²) in [4.78, 5) is 1.35. The number of halogens is 1. The number of rotatable bonds is 6. The molecule has 1 aliphatic rings. The van der Waals surface area contributed by atoms with E-state index in [0.29, 0.717) is 12.3 Å². The molecule has 1 radical (unpaired) electrons. The number of benzene rings is 1. The van der Waals surface area contributed by atoms with Crippen molar-refractivity contribution in [2.75, 3.05) is 0 Å². The first-order chi connectivity index (χ1) is 12.3. The van der Waals surface area contributed by atoms with Crippen molar-refractivity contribution >= 4 is 11.3 Å². The first-order valence-electron chi connectivity index (χ1n) is 9.04. The summed E-state index contributed by atoms with van der Waals surface area (Å²) in [6.07, 6.45) is 5.74. The van der Waals surface area contributed by atoms with Crippen molar-refractivity contribution in [2.24, 2.45) is 5.92 Å². The molecule has 3 atom stereocenters. The molecule has 0 aliphatic heterocycles. The fourth-order valence-corrected chi connectivity index (χ4v) is 4.74. The maximum Gasteiger partial charge on any atom is 0.133 e. The smallest absolute Gasteiger partial charge is 0.133 e. The molecular formula is C22H22FOSY-. The first-order valence-corrected chi connectivity index (χ1v) is 9.85. The second-order valence-electron chi connectivity index (χ2n) is 6.87. The summed E-state index contributed by atoms with van der Waals surface area (Å²) < 4.78 is 19.9. The summed E-state index contributed by atoms with van der Waals surface area (Å²) in [7, 11) is 0. The quantitative estimate of drug-likeness (QED) is 0.389. The van der Waals surface area contributed by atoms with Crippen LogP contribution in [0.15, 0.2) is 59.2 Å². The minimum atomic E-state index is -0.662. The third-order valence-corrected chi connectivity index (χ3v) is 6.22. The Morgan fingerprint density at radius 2 is 1.96 bits per heavy atom. The summed E-state index contributed by atoms with van der Waals surface area (Å²) in [5.41, 5.74) is 2.35. The molecule has 0 spiro atoms. The summed E-state index contributed by atoms with van der Waals surface area (Å²) in [5, 5.41) is 3.13. The van der Waals surface area contributed by atoms with Gasteiger partial charge in [-0.3, -0.25) is 0 Å². The van der Waals surface area contributed by atoms with Gasteiger partial charge >= 0.3 is 0 Å². The second-order valence-corrected chi connectivity index (χ2v) is 7.84. The van der Waals surface area contributed by atoms with Crippen LogP contribution in [-0.2, 0) is 39.1 Å². The number of alkyl halides is 1. The number of hydrogen-bond acceptors (Lipinski definition) is 2. The van der Waals surface area contributed by atoms with Gasteiger partial charge in [0.25, 0.3) is 0 Å². The Labute approximate surface area is 183 Å². The molecule has 3 aromatic rings. The third kappa shape index (κ3) is 4.55. The van der Waals surface area contributed by atoms with Crippen molar-refractivity contribution in [1.29, 1.82) is 0 Å². The van der Waals surface area contributed by atoms with E-state index in [1.165, 1.54) is 10.4 Å². The van der Waals surface area contributed by atoms with Crippen LogP contribution in [-0.4, -0.2) is 6.17 Å². The minimum Gasteiger partial charge on any atom is -0.464 e. The Kier molecular flexibility index (Phi) is 7.25. The summed E-state index contributed by atoms with van der Waals surface area (Å²) >= 11 is 1.68. The van der Waals surface area contributed by atoms with Crippen LogP contribution in [0.5, 0.6) is 0 Å². The van der Waals surface area contributed by atoms with Gasteiger partial charge in [-0.05, 0) is 48.8 Å². The Morgan fingerprint density at radius 3 is 2.65 bits per heavy atom. The third-order valence-electron chi connectivity index (χ3n) is 5.37. The van der Waals surface area contributed by atoms with Gasteiger partial charge in [0.05, 0.1) is 6.26 Å². The van der Waals surface area contributed by atoms with Gasteiger partial charge in [-0.25, -0.2) is 10.5 Å². The zero-order valence-corrected chi connectivity index (χ0v) is 18.4. The number of aryl methyl sites for hydroxylation is 1. The van der Waals surface area contributed by atoms with Crippen molar-refractivity contribution < 1.29 is 41.5 Å². The van der Waals surface area contributed by atoms with Crippen LogP contribution in [0.1, 0.15) is 42.0 Å². The van der Waals surface area contributed by atoms with Gasteiger partial charge in [0.1, 0.15) is 11.9 Å². The van der Waals surface area contributed by atoms with Crippen molar-refractivity contribution in [3.63, 3.8) is 0 Å². The molecular weight excluding hydrogens is 420 g/mol. The molecule has 0 saturated heterocycles. The summed E-state index contributed by atoms with van der Waals surface area (Å²) in [6, 6.07) is 16.5. The van der Waals surface area contributed by atoms with Gasteiger partial charge in [-0.2, -0.15) is 6.07 Å². The second kappa shape index (κ2) is 9.44. The van der Waals surface area contributed by atoms with Crippen LogP contribution < -0.4 is 0 Å². The maximum absolute atomic E-state index is 14.5. The first kappa shape index (κ1) is 20.0. The fraction of sp³-hybridized carbons (Fsp3) is 0.364. The van der Waals surface area contributed by atoms with Gasteiger partial charge in [-0.15, -0.1) is 10.3 Å². The molecule has 0 amide bonds. The fourth-order valence-electron chi connectivity index (χ4n) is 4.07. The molecule has 2 aromatic heterocycles. The molecule has 1 aromatic carbocycles. The van der Waals surface area contributed by atoms with E-state index < -0.39 is 6.17 Å². The summed E-state index contributed by atoms with van der Waals surface area (Å²) in [6.45, 7) is 0. The molecule has 1 saturated carbocycles. The van der Waals surface area contributed by atoms with Gasteiger partial charge in [-0.1, -0.05) is 37.1 Å². The van der Waals surface area contributed by atoms with Gasteiger partial charge < -0.3 is 15.8 Å². The van der Waals surface area contributed by atoms with Crippen LogP contribution in [0.4, 0.5) is 4.39 Å². The zero-order chi connectivity index (χ0) is 17.1. The molecule has 1 aliphatic carbocycles. The van der Waals surface area contributed by atoms with E-state index in [9.17, 15) is 4.39 Å². The van der Waals surface area contributed by atoms with Gasteiger partial charge in [0.2, 0.25) is 0 Å². The standard InChI is InChI=1S/C22H22FOS.Y/c23-21-13-12-19(20(21)6-1-4-18-5-3-15-25-18)16-8-10-17(11-9-16)22-7-2-14-24-22;/h2-3,5,7-11,14,19-21H,1,4,6,12-13H2;/q-1;. The van der Waals surface area contributed by atoms with Crippen LogP contribution in [0.2, 0.25) is 0 Å². The normalized spacial score (nSPS) is 22.3. The molecule has 0 bridgehead atoms. The Morgan fingerprint density at radius 1 is 1.12 bits per heavy atom. The zero-order valence-electron chi connectivity index (χ0n) is 14.7. The molecule has 4 rings (SSSR count). The number of furan rings is 1. The van der Waals surface area contributed by atoms with E-state index in [-0.39, 0.29) is 38.6 Å². The number of thiophene rings is 1. The van der Waals surface area contributed by atoms with Crippen LogP contribution in [0, 0.1) is 11.3 Å². The molecule has 0 N–H and O–H groups in total. The van der Waals surface area contributed by atoms with E-state index in [1.807, 2.05) is 18.2 Å². The van der Waals surface area contributed by atoms with Crippen LogP contribution in [0.3, 0.4) is 0 Å². The van der Waals surface area contributed by atoms with E-state index in [4.69, 9.17) is 4.42 Å². The molecule has 26 heavy (non-hydrogen) atoms. The molecule has 2 heterocycles. The van der Waals surface area contributed by atoms with Crippen LogP contribution in [0.25, 0.3) is 11.3 Å². The van der Waals surface area contributed by atoms with Crippen molar-refractivity contribution in [2.45, 2.75) is 44.2 Å². The molecule has 1 fully saturated rings. The van der Waals surface area contributed by atoms with Gasteiger partial charge in [0.15, 0.2) is 0 Å². The van der Waals surface area contributed by atoms with Crippen molar-refractivity contribution in [3.8, 4) is 11.3 Å². The van der Waals surface area contributed by atoms with Crippen molar-refractivity contribution in [3.05, 3.63) is 70.6 Å². The maximum atomic E-state index is 14.5. The average Bonchev–Trinajstić information content (AvgIpc) is 3.38. The molecule has 133 valence electrons. The monoisotopic (exact) mass is 442 g/mol. The predicted molar refractivity (Wildman–Crippen MR) is 101 cm³/mol. The van der Waals surface area contributed by atoms with Crippen LogP contribution >= 0.6 is 11.3 Å². The SMILES string of the molecule is FC1CCC(c2ccc(-c3ccco3)cc2)C1CCCc1cc[c-]s1.[Y].